The number of aromatic hydroxyl groups is 1. The fourth-order valence-electron chi connectivity index (χ4n) is 2.56. The molecule has 1 saturated carbocycles. The van der Waals surface area contributed by atoms with Gasteiger partial charge in [-0.2, -0.15) is 0 Å². The average molecular weight is 220 g/mol. The zero-order valence-corrected chi connectivity index (χ0v) is 9.82. The van der Waals surface area contributed by atoms with E-state index in [0.29, 0.717) is 11.7 Å². The third-order valence-electron chi connectivity index (χ3n) is 3.66. The van der Waals surface area contributed by atoms with Crippen LogP contribution in [0.1, 0.15) is 50.5 Å². The lowest BCUT2D eigenvalue weighted by Gasteiger charge is -2.20. The molecule has 2 rings (SSSR count). The smallest absolute Gasteiger partial charge is 0.115 e. The van der Waals surface area contributed by atoms with Crippen LogP contribution in [0.25, 0.3) is 0 Å². The second-order valence-electron chi connectivity index (χ2n) is 5.22. The number of hydrogen-bond donors (Lipinski definition) is 2. The molecule has 1 aromatic carbocycles. The van der Waals surface area contributed by atoms with Crippen molar-refractivity contribution < 1.29 is 10.2 Å². The van der Waals surface area contributed by atoms with Crippen molar-refractivity contribution >= 4 is 0 Å². The minimum atomic E-state index is -0.480. The molecule has 0 spiro atoms. The topological polar surface area (TPSA) is 40.5 Å². The highest BCUT2D eigenvalue weighted by Crippen LogP contribution is 2.36. The maximum Gasteiger partial charge on any atom is 0.115 e. The van der Waals surface area contributed by atoms with Gasteiger partial charge in [-0.25, -0.2) is 0 Å². The van der Waals surface area contributed by atoms with E-state index < -0.39 is 5.60 Å². The van der Waals surface area contributed by atoms with Crippen molar-refractivity contribution in [1.29, 1.82) is 0 Å². The Kier molecular flexibility index (Phi) is 3.20. The lowest BCUT2D eigenvalue weighted by atomic mass is 9.91. The molecule has 16 heavy (non-hydrogen) atoms. The molecule has 2 atom stereocenters. The van der Waals surface area contributed by atoms with Crippen molar-refractivity contribution in [3.8, 4) is 5.75 Å². The molecule has 2 heteroatoms. The van der Waals surface area contributed by atoms with Crippen LogP contribution in [0.2, 0.25) is 0 Å². The van der Waals surface area contributed by atoms with Crippen LogP contribution in [0.3, 0.4) is 0 Å². The highest BCUT2D eigenvalue weighted by Gasteiger charge is 2.26. The Labute approximate surface area is 96.9 Å². The maximum absolute atomic E-state index is 10.0. The summed E-state index contributed by atoms with van der Waals surface area (Å²) >= 11 is 0. The summed E-state index contributed by atoms with van der Waals surface area (Å²) in [5.74, 6) is 0.860. The largest absolute Gasteiger partial charge is 0.508 e. The first-order valence-corrected chi connectivity index (χ1v) is 6.08. The van der Waals surface area contributed by atoms with Gasteiger partial charge in [-0.1, -0.05) is 12.1 Å². The van der Waals surface area contributed by atoms with Gasteiger partial charge < -0.3 is 10.2 Å². The first-order valence-electron chi connectivity index (χ1n) is 6.08. The molecule has 0 saturated heterocycles. The summed E-state index contributed by atoms with van der Waals surface area (Å²) in [5.41, 5.74) is 0.807. The van der Waals surface area contributed by atoms with Crippen LogP contribution in [-0.4, -0.2) is 15.8 Å². The van der Waals surface area contributed by atoms with Gasteiger partial charge in [-0.3, -0.25) is 0 Å². The lowest BCUT2D eigenvalue weighted by Crippen LogP contribution is -2.22. The molecule has 0 aliphatic heterocycles. The summed E-state index contributed by atoms with van der Waals surface area (Å²) in [7, 11) is 0. The van der Waals surface area contributed by atoms with Crippen LogP contribution < -0.4 is 0 Å². The van der Waals surface area contributed by atoms with Crippen LogP contribution in [0.15, 0.2) is 24.3 Å². The molecular formula is C14H20O2. The van der Waals surface area contributed by atoms with Crippen LogP contribution in [0, 0.1) is 0 Å². The van der Waals surface area contributed by atoms with Crippen molar-refractivity contribution in [2.75, 3.05) is 0 Å². The van der Waals surface area contributed by atoms with Gasteiger partial charge in [-0.05, 0) is 62.6 Å². The monoisotopic (exact) mass is 220 g/mol. The van der Waals surface area contributed by atoms with E-state index in [2.05, 4.69) is 0 Å². The Morgan fingerprint density at radius 3 is 2.50 bits per heavy atom. The molecule has 2 nitrogen and oxygen atoms in total. The van der Waals surface area contributed by atoms with E-state index in [1.54, 1.807) is 12.1 Å². The Bertz CT molecular complexity index is 340. The SMILES string of the molecule is C[C@@]1(O)CCC[C@@H](c2ccc(O)cc2)CC1. The Hall–Kier alpha value is -1.02. The molecule has 1 aliphatic rings. The second-order valence-corrected chi connectivity index (χ2v) is 5.22. The van der Waals surface area contributed by atoms with Gasteiger partial charge in [0, 0.05) is 0 Å². The molecule has 0 aromatic heterocycles. The van der Waals surface area contributed by atoms with Gasteiger partial charge in [0.05, 0.1) is 5.60 Å². The van der Waals surface area contributed by atoms with E-state index in [-0.39, 0.29) is 0 Å². The Balaban J connectivity index is 2.08. The highest BCUT2D eigenvalue weighted by atomic mass is 16.3. The fourth-order valence-corrected chi connectivity index (χ4v) is 2.56. The predicted molar refractivity (Wildman–Crippen MR) is 64.6 cm³/mol. The number of aliphatic hydroxyl groups is 1. The molecule has 0 heterocycles. The first-order chi connectivity index (χ1) is 7.57. The number of rotatable bonds is 1. The zero-order chi connectivity index (χ0) is 11.6. The summed E-state index contributed by atoms with van der Waals surface area (Å²) in [4.78, 5) is 0. The van der Waals surface area contributed by atoms with Gasteiger partial charge in [-0.15, -0.1) is 0 Å². The minimum absolute atomic E-state index is 0.323. The van der Waals surface area contributed by atoms with E-state index in [4.69, 9.17) is 0 Å². The molecule has 1 fully saturated rings. The van der Waals surface area contributed by atoms with Gasteiger partial charge in [0.1, 0.15) is 5.75 Å². The van der Waals surface area contributed by atoms with E-state index in [9.17, 15) is 10.2 Å². The lowest BCUT2D eigenvalue weighted by molar-refractivity contribution is 0.0440. The Morgan fingerprint density at radius 1 is 1.12 bits per heavy atom. The molecule has 88 valence electrons. The van der Waals surface area contributed by atoms with Gasteiger partial charge in [0.15, 0.2) is 0 Å². The normalized spacial score (nSPS) is 31.0. The van der Waals surface area contributed by atoms with E-state index in [1.807, 2.05) is 19.1 Å². The summed E-state index contributed by atoms with van der Waals surface area (Å²) in [6.07, 6.45) is 5.04. The number of phenols is 1. The zero-order valence-electron chi connectivity index (χ0n) is 9.82. The van der Waals surface area contributed by atoms with E-state index in [1.165, 1.54) is 5.56 Å². The van der Waals surface area contributed by atoms with Gasteiger partial charge >= 0.3 is 0 Å². The molecule has 0 amide bonds. The van der Waals surface area contributed by atoms with Crippen LogP contribution in [0.5, 0.6) is 5.75 Å². The molecule has 0 bridgehead atoms. The summed E-state index contributed by atoms with van der Waals surface area (Å²) in [6, 6.07) is 7.50. The fraction of sp³-hybridized carbons (Fsp3) is 0.571. The molecule has 1 aromatic rings. The summed E-state index contributed by atoms with van der Waals surface area (Å²) < 4.78 is 0. The molecular weight excluding hydrogens is 200 g/mol. The van der Waals surface area contributed by atoms with Gasteiger partial charge in [0.2, 0.25) is 0 Å². The van der Waals surface area contributed by atoms with Crippen molar-refractivity contribution in [3.63, 3.8) is 0 Å². The van der Waals surface area contributed by atoms with Crippen LogP contribution >= 0.6 is 0 Å². The quantitative estimate of drug-likeness (QED) is 0.713. The number of phenolic OH excluding ortho intramolecular Hbond substituents is 1. The third kappa shape index (κ3) is 2.76. The molecule has 0 radical (unpaired) electrons. The Morgan fingerprint density at radius 2 is 1.81 bits per heavy atom. The summed E-state index contributed by atoms with van der Waals surface area (Å²) in [5, 5.41) is 19.3. The molecule has 2 N–H and O–H groups in total. The number of benzene rings is 1. The summed E-state index contributed by atoms with van der Waals surface area (Å²) in [6.45, 7) is 1.94. The molecule has 1 aliphatic carbocycles. The second kappa shape index (κ2) is 4.46. The van der Waals surface area contributed by atoms with Crippen molar-refractivity contribution in [3.05, 3.63) is 29.8 Å². The average Bonchev–Trinajstić information content (AvgIpc) is 2.41. The molecule has 0 unspecified atom stereocenters. The minimum Gasteiger partial charge on any atom is -0.508 e. The first kappa shape index (κ1) is 11.5. The van der Waals surface area contributed by atoms with Crippen molar-refractivity contribution in [2.24, 2.45) is 0 Å². The third-order valence-corrected chi connectivity index (χ3v) is 3.66. The van der Waals surface area contributed by atoms with E-state index >= 15 is 0 Å². The highest BCUT2D eigenvalue weighted by molar-refractivity contribution is 5.28. The standard InChI is InChI=1S/C14H20O2/c1-14(16)9-2-3-11(8-10-14)12-4-6-13(15)7-5-12/h4-7,11,15-16H,2-3,8-10H2,1H3/t11-,14-/m1/s1. The van der Waals surface area contributed by atoms with Gasteiger partial charge in [0.25, 0.3) is 0 Å². The number of hydrogen-bond acceptors (Lipinski definition) is 2. The predicted octanol–water partition coefficient (Wildman–Crippen LogP) is 3.19. The maximum atomic E-state index is 10.0. The van der Waals surface area contributed by atoms with Crippen molar-refractivity contribution in [1.82, 2.24) is 0 Å². The van der Waals surface area contributed by atoms with Crippen LogP contribution in [0.4, 0.5) is 0 Å². The van der Waals surface area contributed by atoms with Crippen molar-refractivity contribution in [2.45, 2.75) is 50.5 Å². The van der Waals surface area contributed by atoms with Crippen LogP contribution in [-0.2, 0) is 0 Å². The van der Waals surface area contributed by atoms with E-state index in [0.717, 1.165) is 32.1 Å².